The van der Waals surface area contributed by atoms with Crippen molar-refractivity contribution in [1.29, 1.82) is 0 Å². The van der Waals surface area contributed by atoms with E-state index in [1.54, 1.807) is 0 Å². The van der Waals surface area contributed by atoms with Crippen LogP contribution in [0.15, 0.2) is 35.5 Å². The van der Waals surface area contributed by atoms with Gasteiger partial charge in [-0.15, -0.1) is 0 Å². The third-order valence-electron chi connectivity index (χ3n) is 4.68. The number of aromatic nitrogens is 2. The van der Waals surface area contributed by atoms with E-state index in [1.807, 2.05) is 63.8 Å². The molecule has 2 N–H and O–H groups in total. The van der Waals surface area contributed by atoms with E-state index >= 15 is 0 Å². The molecule has 0 saturated carbocycles. The lowest BCUT2D eigenvalue weighted by molar-refractivity contribution is 0.0919. The molecule has 0 saturated heterocycles. The Morgan fingerprint density at radius 3 is 2.61 bits per heavy atom. The second-order valence-corrected chi connectivity index (χ2v) is 9.30. The number of nitrogens with zero attached hydrogens (tertiary/aromatic N) is 4. The number of carbonyl (C=O) groups excluding carboxylic acids is 1. The van der Waals surface area contributed by atoms with E-state index in [-0.39, 0.29) is 11.4 Å². The normalized spacial score (nSPS) is 12.2. The number of carbonyl (C=O) groups is 1. The molecule has 0 unspecified atom stereocenters. The minimum absolute atomic E-state index is 0.0693. The average Bonchev–Trinajstić information content (AvgIpc) is 3.04. The molecule has 1 aromatic carbocycles. The molecule has 0 fully saturated rings. The molecule has 0 aliphatic rings. The average molecular weight is 427 g/mol. The van der Waals surface area contributed by atoms with E-state index in [9.17, 15) is 4.79 Å². The van der Waals surface area contributed by atoms with Gasteiger partial charge in [0.05, 0.1) is 12.2 Å². The number of hydrogen-bond acceptors (Lipinski definition) is 3. The van der Waals surface area contributed by atoms with E-state index in [4.69, 9.17) is 4.99 Å². The molecule has 31 heavy (non-hydrogen) atoms. The molecular formula is C24H38N6O. The van der Waals surface area contributed by atoms with Gasteiger partial charge in [0.1, 0.15) is 0 Å². The molecule has 1 aromatic heterocycles. The van der Waals surface area contributed by atoms with E-state index in [0.717, 1.165) is 30.3 Å². The van der Waals surface area contributed by atoms with Gasteiger partial charge in [-0.25, -0.2) is 4.99 Å². The Bertz CT molecular complexity index is 907. The fraction of sp³-hybridized carbons (Fsp3) is 0.542. The summed E-state index contributed by atoms with van der Waals surface area (Å²) in [6.45, 7) is 14.3. The lowest BCUT2D eigenvalue weighted by Gasteiger charge is -2.22. The fourth-order valence-corrected chi connectivity index (χ4v) is 3.35. The quantitative estimate of drug-likeness (QED) is 0.523. The summed E-state index contributed by atoms with van der Waals surface area (Å²) >= 11 is 0. The van der Waals surface area contributed by atoms with Gasteiger partial charge in [0.2, 0.25) is 0 Å². The van der Waals surface area contributed by atoms with Crippen LogP contribution in [-0.2, 0) is 20.1 Å². The summed E-state index contributed by atoms with van der Waals surface area (Å²) in [5.41, 5.74) is 3.69. The van der Waals surface area contributed by atoms with Gasteiger partial charge in [0, 0.05) is 50.0 Å². The molecule has 1 amide bonds. The van der Waals surface area contributed by atoms with Crippen molar-refractivity contribution in [1.82, 2.24) is 25.3 Å². The maximum absolute atomic E-state index is 12.5. The van der Waals surface area contributed by atoms with Crippen molar-refractivity contribution in [2.24, 2.45) is 12.0 Å². The van der Waals surface area contributed by atoms with Gasteiger partial charge in [-0.05, 0) is 51.3 Å². The van der Waals surface area contributed by atoms with E-state index in [0.29, 0.717) is 18.0 Å². The van der Waals surface area contributed by atoms with Crippen LogP contribution in [0.4, 0.5) is 0 Å². The molecule has 170 valence electrons. The zero-order chi connectivity index (χ0) is 23.2. The highest BCUT2D eigenvalue weighted by atomic mass is 16.1. The molecule has 0 atom stereocenters. The summed E-state index contributed by atoms with van der Waals surface area (Å²) in [7, 11) is 3.99. The van der Waals surface area contributed by atoms with Crippen molar-refractivity contribution in [2.45, 2.75) is 66.1 Å². The Labute approximate surface area is 186 Å². The Kier molecular flexibility index (Phi) is 8.25. The summed E-state index contributed by atoms with van der Waals surface area (Å²) in [6, 6.07) is 7.65. The number of hydrogen-bond donors (Lipinski definition) is 2. The first-order valence-electron chi connectivity index (χ1n) is 10.9. The number of guanidine groups is 1. The number of amides is 1. The molecule has 2 aromatic rings. The SMILES string of the molecule is CCNC(=NCc1cccc(C(=O)NC(C)(C)C)c1)N(C)Cc1cn(C)nc1C(C)C. The van der Waals surface area contributed by atoms with Crippen molar-refractivity contribution in [3.05, 3.63) is 52.8 Å². The number of aryl methyl sites for hydroxylation is 1. The minimum atomic E-state index is -0.271. The topological polar surface area (TPSA) is 74.6 Å². The lowest BCUT2D eigenvalue weighted by Crippen LogP contribution is -2.40. The Morgan fingerprint density at radius 1 is 1.29 bits per heavy atom. The Balaban J connectivity index is 2.16. The largest absolute Gasteiger partial charge is 0.357 e. The van der Waals surface area contributed by atoms with Crippen molar-refractivity contribution in [3.8, 4) is 0 Å². The van der Waals surface area contributed by atoms with Gasteiger partial charge in [0.25, 0.3) is 5.91 Å². The van der Waals surface area contributed by atoms with Crippen LogP contribution in [0.5, 0.6) is 0 Å². The highest BCUT2D eigenvalue weighted by Gasteiger charge is 2.16. The van der Waals surface area contributed by atoms with Crippen LogP contribution < -0.4 is 10.6 Å². The smallest absolute Gasteiger partial charge is 0.251 e. The number of aliphatic imine (C=N–C) groups is 1. The Morgan fingerprint density at radius 2 is 2.00 bits per heavy atom. The first-order valence-corrected chi connectivity index (χ1v) is 10.9. The fourth-order valence-electron chi connectivity index (χ4n) is 3.35. The summed E-state index contributed by atoms with van der Waals surface area (Å²) in [5.74, 6) is 1.12. The van der Waals surface area contributed by atoms with E-state index in [2.05, 4.69) is 47.6 Å². The molecule has 0 aliphatic heterocycles. The zero-order valence-corrected chi connectivity index (χ0v) is 20.3. The molecular weight excluding hydrogens is 388 g/mol. The third kappa shape index (κ3) is 7.42. The molecule has 0 spiro atoms. The zero-order valence-electron chi connectivity index (χ0n) is 20.3. The molecule has 7 nitrogen and oxygen atoms in total. The van der Waals surface area contributed by atoms with Crippen LogP contribution in [0, 0.1) is 0 Å². The summed E-state index contributed by atoms with van der Waals surface area (Å²) in [5, 5.41) is 11.0. The van der Waals surface area contributed by atoms with Gasteiger partial charge < -0.3 is 15.5 Å². The number of benzene rings is 1. The molecule has 2 rings (SSSR count). The minimum Gasteiger partial charge on any atom is -0.357 e. The maximum atomic E-state index is 12.5. The van der Waals surface area contributed by atoms with Gasteiger partial charge in [0.15, 0.2) is 5.96 Å². The van der Waals surface area contributed by atoms with Gasteiger partial charge in [-0.3, -0.25) is 9.48 Å². The van der Waals surface area contributed by atoms with E-state index < -0.39 is 0 Å². The first-order chi connectivity index (χ1) is 14.5. The van der Waals surface area contributed by atoms with Crippen molar-refractivity contribution in [3.63, 3.8) is 0 Å². The molecule has 0 aliphatic carbocycles. The van der Waals surface area contributed by atoms with Crippen LogP contribution in [0.2, 0.25) is 0 Å². The summed E-state index contributed by atoms with van der Waals surface area (Å²) in [4.78, 5) is 19.4. The van der Waals surface area contributed by atoms with Crippen LogP contribution in [0.1, 0.15) is 74.6 Å². The van der Waals surface area contributed by atoms with Crippen LogP contribution in [0.25, 0.3) is 0 Å². The maximum Gasteiger partial charge on any atom is 0.251 e. The van der Waals surface area contributed by atoms with E-state index in [1.165, 1.54) is 5.56 Å². The predicted molar refractivity (Wildman–Crippen MR) is 127 cm³/mol. The third-order valence-corrected chi connectivity index (χ3v) is 4.68. The number of nitrogens with one attached hydrogen (secondary N) is 2. The van der Waals surface area contributed by atoms with Gasteiger partial charge >= 0.3 is 0 Å². The monoisotopic (exact) mass is 426 g/mol. The highest BCUT2D eigenvalue weighted by Crippen LogP contribution is 2.18. The standard InChI is InChI=1S/C24H38N6O/c1-9-25-23(29(7)15-20-16-30(8)28-21(20)17(2)3)26-14-18-11-10-12-19(13-18)22(31)27-24(4,5)6/h10-13,16-17H,9,14-15H2,1-8H3,(H,25,26)(H,27,31). The molecule has 0 radical (unpaired) electrons. The summed E-state index contributed by atoms with van der Waals surface area (Å²) < 4.78 is 1.87. The second kappa shape index (κ2) is 10.5. The van der Waals surface area contributed by atoms with Crippen LogP contribution >= 0.6 is 0 Å². The van der Waals surface area contributed by atoms with Crippen molar-refractivity contribution >= 4 is 11.9 Å². The highest BCUT2D eigenvalue weighted by molar-refractivity contribution is 5.94. The molecule has 0 bridgehead atoms. The number of rotatable bonds is 7. The summed E-state index contributed by atoms with van der Waals surface area (Å²) in [6.07, 6.45) is 2.08. The van der Waals surface area contributed by atoms with Crippen LogP contribution in [-0.4, -0.2) is 45.7 Å². The van der Waals surface area contributed by atoms with Crippen molar-refractivity contribution in [2.75, 3.05) is 13.6 Å². The molecule has 7 heteroatoms. The first kappa shape index (κ1) is 24.4. The van der Waals surface area contributed by atoms with Crippen LogP contribution in [0.3, 0.4) is 0 Å². The van der Waals surface area contributed by atoms with Gasteiger partial charge in [-0.1, -0.05) is 26.0 Å². The Hall–Kier alpha value is -2.83. The second-order valence-electron chi connectivity index (χ2n) is 9.30. The van der Waals surface area contributed by atoms with Crippen molar-refractivity contribution < 1.29 is 4.79 Å². The predicted octanol–water partition coefficient (Wildman–Crippen LogP) is 3.67. The lowest BCUT2D eigenvalue weighted by atomic mass is 10.1. The molecule has 1 heterocycles. The van der Waals surface area contributed by atoms with Gasteiger partial charge in [-0.2, -0.15) is 5.10 Å².